The van der Waals surface area contributed by atoms with Gasteiger partial charge in [0, 0.05) is 11.4 Å². The van der Waals surface area contributed by atoms with E-state index in [1.54, 1.807) is 25.6 Å². The molecule has 0 bridgehead atoms. The van der Waals surface area contributed by atoms with Crippen molar-refractivity contribution in [2.75, 3.05) is 20.8 Å². The molecule has 0 saturated heterocycles. The highest BCUT2D eigenvalue weighted by Gasteiger charge is 2.04. The zero-order valence-electron chi connectivity index (χ0n) is 11.3. The highest BCUT2D eigenvalue weighted by atomic mass is 32.1. The fourth-order valence-electron chi connectivity index (χ4n) is 1.89. The summed E-state index contributed by atoms with van der Waals surface area (Å²) in [5, 5.41) is 5.54. The van der Waals surface area contributed by atoms with E-state index in [9.17, 15) is 0 Å². The van der Waals surface area contributed by atoms with Gasteiger partial charge in [0.15, 0.2) is 11.5 Å². The predicted molar refractivity (Wildman–Crippen MR) is 79.3 cm³/mol. The molecular formula is C15H19NO2S. The quantitative estimate of drug-likeness (QED) is 0.789. The summed E-state index contributed by atoms with van der Waals surface area (Å²) >= 11 is 1.78. The Balaban J connectivity index is 1.82. The zero-order chi connectivity index (χ0) is 13.5. The van der Waals surface area contributed by atoms with Crippen molar-refractivity contribution in [2.45, 2.75) is 13.0 Å². The Labute approximate surface area is 118 Å². The first-order chi connectivity index (χ1) is 9.33. The lowest BCUT2D eigenvalue weighted by atomic mass is 10.1. The van der Waals surface area contributed by atoms with Crippen molar-refractivity contribution < 1.29 is 9.47 Å². The van der Waals surface area contributed by atoms with Crippen LogP contribution in [0.5, 0.6) is 11.5 Å². The monoisotopic (exact) mass is 277 g/mol. The summed E-state index contributed by atoms with van der Waals surface area (Å²) in [5.41, 5.74) is 1.25. The summed E-state index contributed by atoms with van der Waals surface area (Å²) in [5.74, 6) is 1.57. The highest BCUT2D eigenvalue weighted by Crippen LogP contribution is 2.27. The van der Waals surface area contributed by atoms with Gasteiger partial charge in [-0.05, 0) is 42.1 Å². The number of rotatable bonds is 7. The summed E-state index contributed by atoms with van der Waals surface area (Å²) < 4.78 is 10.5. The minimum Gasteiger partial charge on any atom is -0.493 e. The van der Waals surface area contributed by atoms with Crippen molar-refractivity contribution in [2.24, 2.45) is 0 Å². The standard InChI is InChI=1S/C15H19NO2S/c1-17-14-6-5-12(10-15(14)18-2)7-8-16-11-13-4-3-9-19-13/h3-6,9-10,16H,7-8,11H2,1-2H3. The average Bonchev–Trinajstić information content (AvgIpc) is 2.96. The summed E-state index contributed by atoms with van der Waals surface area (Å²) in [7, 11) is 3.32. The molecule has 2 rings (SSSR count). The maximum Gasteiger partial charge on any atom is 0.160 e. The van der Waals surface area contributed by atoms with Crippen molar-refractivity contribution in [3.05, 3.63) is 46.2 Å². The maximum atomic E-state index is 5.30. The van der Waals surface area contributed by atoms with Gasteiger partial charge in [0.2, 0.25) is 0 Å². The third kappa shape index (κ3) is 3.98. The number of hydrogen-bond acceptors (Lipinski definition) is 4. The second-order valence-corrected chi connectivity index (χ2v) is 5.23. The topological polar surface area (TPSA) is 30.5 Å². The number of methoxy groups -OCH3 is 2. The third-order valence-electron chi connectivity index (χ3n) is 2.92. The number of hydrogen-bond donors (Lipinski definition) is 1. The van der Waals surface area contributed by atoms with Crippen LogP contribution in [-0.2, 0) is 13.0 Å². The predicted octanol–water partition coefficient (Wildman–Crippen LogP) is 3.10. The molecule has 0 radical (unpaired) electrons. The second kappa shape index (κ2) is 7.16. The summed E-state index contributed by atoms with van der Waals surface area (Å²) in [6, 6.07) is 10.3. The van der Waals surface area contributed by atoms with Gasteiger partial charge in [-0.2, -0.15) is 0 Å². The highest BCUT2D eigenvalue weighted by molar-refractivity contribution is 7.09. The lowest BCUT2D eigenvalue weighted by Gasteiger charge is -2.09. The maximum absolute atomic E-state index is 5.30. The summed E-state index contributed by atoms with van der Waals surface area (Å²) in [4.78, 5) is 1.37. The van der Waals surface area contributed by atoms with Gasteiger partial charge in [-0.15, -0.1) is 11.3 Å². The molecule has 0 aliphatic heterocycles. The molecule has 3 nitrogen and oxygen atoms in total. The molecule has 0 unspecified atom stereocenters. The molecule has 1 N–H and O–H groups in total. The number of benzene rings is 1. The van der Waals surface area contributed by atoms with E-state index in [-0.39, 0.29) is 0 Å². The average molecular weight is 277 g/mol. The lowest BCUT2D eigenvalue weighted by molar-refractivity contribution is 0.354. The van der Waals surface area contributed by atoms with Gasteiger partial charge in [-0.25, -0.2) is 0 Å². The minimum absolute atomic E-state index is 0.776. The number of thiophene rings is 1. The van der Waals surface area contributed by atoms with Crippen LogP contribution in [0.25, 0.3) is 0 Å². The molecule has 0 saturated carbocycles. The van der Waals surface area contributed by atoms with Crippen LogP contribution in [0.1, 0.15) is 10.4 Å². The van der Waals surface area contributed by atoms with E-state index in [1.165, 1.54) is 10.4 Å². The second-order valence-electron chi connectivity index (χ2n) is 4.20. The fraction of sp³-hybridized carbons (Fsp3) is 0.333. The molecule has 0 spiro atoms. The van der Waals surface area contributed by atoms with E-state index in [1.807, 2.05) is 12.1 Å². The van der Waals surface area contributed by atoms with Gasteiger partial charge in [-0.1, -0.05) is 12.1 Å². The summed E-state index contributed by atoms with van der Waals surface area (Å²) in [6.45, 7) is 1.89. The molecule has 19 heavy (non-hydrogen) atoms. The van der Waals surface area contributed by atoms with Crippen LogP contribution in [0.15, 0.2) is 35.7 Å². The van der Waals surface area contributed by atoms with Crippen LogP contribution >= 0.6 is 11.3 Å². The van der Waals surface area contributed by atoms with Crippen LogP contribution in [0.4, 0.5) is 0 Å². The fourth-order valence-corrected chi connectivity index (χ4v) is 2.57. The lowest BCUT2D eigenvalue weighted by Crippen LogP contribution is -2.15. The smallest absolute Gasteiger partial charge is 0.160 e. The Morgan fingerprint density at radius 3 is 2.63 bits per heavy atom. The van der Waals surface area contributed by atoms with Crippen molar-refractivity contribution in [1.82, 2.24) is 5.32 Å². The van der Waals surface area contributed by atoms with Gasteiger partial charge in [0.05, 0.1) is 14.2 Å². The first kappa shape index (κ1) is 13.9. The van der Waals surface area contributed by atoms with Gasteiger partial charge < -0.3 is 14.8 Å². The Kier molecular flexibility index (Phi) is 5.24. The minimum atomic E-state index is 0.776. The van der Waals surface area contributed by atoms with Crippen molar-refractivity contribution in [3.63, 3.8) is 0 Å². The van der Waals surface area contributed by atoms with E-state index in [2.05, 4.69) is 28.9 Å². The van der Waals surface area contributed by atoms with Crippen molar-refractivity contribution in [1.29, 1.82) is 0 Å². The summed E-state index contributed by atoms with van der Waals surface area (Å²) in [6.07, 6.45) is 0.978. The van der Waals surface area contributed by atoms with Crippen LogP contribution in [0.2, 0.25) is 0 Å². The largest absolute Gasteiger partial charge is 0.493 e. The molecule has 0 aliphatic carbocycles. The van der Waals surface area contributed by atoms with Crippen LogP contribution in [-0.4, -0.2) is 20.8 Å². The van der Waals surface area contributed by atoms with Gasteiger partial charge >= 0.3 is 0 Å². The molecule has 0 aliphatic rings. The molecule has 0 atom stereocenters. The molecule has 2 aromatic rings. The Morgan fingerprint density at radius 2 is 1.95 bits per heavy atom. The van der Waals surface area contributed by atoms with Gasteiger partial charge in [0.1, 0.15) is 0 Å². The molecule has 102 valence electrons. The van der Waals surface area contributed by atoms with E-state index in [0.29, 0.717) is 0 Å². The van der Waals surface area contributed by atoms with E-state index < -0.39 is 0 Å². The Hall–Kier alpha value is -1.52. The zero-order valence-corrected chi connectivity index (χ0v) is 12.1. The molecule has 0 fully saturated rings. The first-order valence-corrected chi connectivity index (χ1v) is 7.15. The van der Waals surface area contributed by atoms with Crippen LogP contribution < -0.4 is 14.8 Å². The van der Waals surface area contributed by atoms with E-state index in [4.69, 9.17) is 9.47 Å². The SMILES string of the molecule is COc1ccc(CCNCc2cccs2)cc1OC. The first-order valence-electron chi connectivity index (χ1n) is 6.27. The van der Waals surface area contributed by atoms with Crippen molar-refractivity contribution in [3.8, 4) is 11.5 Å². The normalized spacial score (nSPS) is 10.4. The third-order valence-corrected chi connectivity index (χ3v) is 3.79. The number of ether oxygens (including phenoxy) is 2. The van der Waals surface area contributed by atoms with Crippen LogP contribution in [0, 0.1) is 0 Å². The molecule has 4 heteroatoms. The van der Waals surface area contributed by atoms with E-state index >= 15 is 0 Å². The molecule has 0 amide bonds. The van der Waals surface area contributed by atoms with Gasteiger partial charge in [-0.3, -0.25) is 0 Å². The molecule has 1 heterocycles. The number of nitrogens with one attached hydrogen (secondary N) is 1. The van der Waals surface area contributed by atoms with Crippen LogP contribution in [0.3, 0.4) is 0 Å². The Morgan fingerprint density at radius 1 is 1.11 bits per heavy atom. The molecule has 1 aromatic heterocycles. The van der Waals surface area contributed by atoms with Crippen molar-refractivity contribution >= 4 is 11.3 Å². The van der Waals surface area contributed by atoms with Gasteiger partial charge in [0.25, 0.3) is 0 Å². The van der Waals surface area contributed by atoms with E-state index in [0.717, 1.165) is 31.0 Å². The molecule has 1 aromatic carbocycles. The molecular weight excluding hydrogens is 258 g/mol. The Bertz CT molecular complexity index is 497.